The van der Waals surface area contributed by atoms with Crippen molar-refractivity contribution in [1.82, 2.24) is 4.90 Å². The molecule has 2 aliphatic heterocycles. The van der Waals surface area contributed by atoms with Gasteiger partial charge in [0, 0.05) is 12.2 Å². The molecule has 26 heavy (non-hydrogen) atoms. The zero-order valence-electron chi connectivity index (χ0n) is 14.6. The van der Waals surface area contributed by atoms with Gasteiger partial charge >= 0.3 is 5.97 Å². The summed E-state index contributed by atoms with van der Waals surface area (Å²) in [6.07, 6.45) is 5.71. The maximum atomic E-state index is 12.6. The van der Waals surface area contributed by atoms with Gasteiger partial charge in [-0.25, -0.2) is 9.79 Å². The molecule has 1 fully saturated rings. The standard InChI is InChI=1S/C20H20N2O3S/c1-3-12-25-19(24)18-14(2)21-20-22(17(23)11-13-26-20)16(18)10-9-15-7-5-4-6-8-15/h3-10,16H,1,11-13H2,2H3/b10-9+/t16-/m1/s1. The SMILES string of the molecule is C=CCOC(=O)C1=C(C)N=C2SCCC(=O)N2[C@@H]1/C=C/c1ccccc1. The second-order valence-electron chi connectivity index (χ2n) is 5.86. The third kappa shape index (κ3) is 3.80. The van der Waals surface area contributed by atoms with E-state index >= 15 is 0 Å². The van der Waals surface area contributed by atoms with Gasteiger partial charge in [-0.3, -0.25) is 9.69 Å². The number of amides is 1. The van der Waals surface area contributed by atoms with E-state index in [1.807, 2.05) is 42.5 Å². The molecule has 0 bridgehead atoms. The molecule has 0 radical (unpaired) electrons. The number of hydrogen-bond donors (Lipinski definition) is 0. The Balaban J connectivity index is 2.00. The number of hydrogen-bond acceptors (Lipinski definition) is 5. The molecule has 0 aromatic heterocycles. The van der Waals surface area contributed by atoms with Crippen LogP contribution in [-0.2, 0) is 14.3 Å². The summed E-state index contributed by atoms with van der Waals surface area (Å²) in [5, 5.41) is 0.640. The Morgan fingerprint density at radius 3 is 2.92 bits per heavy atom. The number of aliphatic imine (C=N–C) groups is 1. The van der Waals surface area contributed by atoms with Crippen molar-refractivity contribution in [1.29, 1.82) is 0 Å². The van der Waals surface area contributed by atoms with Crippen LogP contribution < -0.4 is 0 Å². The number of nitrogens with zero attached hydrogens (tertiary/aromatic N) is 2. The number of amidine groups is 1. The van der Waals surface area contributed by atoms with E-state index < -0.39 is 12.0 Å². The average Bonchev–Trinajstić information content (AvgIpc) is 2.64. The molecule has 0 unspecified atom stereocenters. The molecule has 3 rings (SSSR count). The summed E-state index contributed by atoms with van der Waals surface area (Å²) in [7, 11) is 0. The Kier molecular flexibility index (Phi) is 5.73. The molecule has 1 aromatic rings. The van der Waals surface area contributed by atoms with Gasteiger partial charge in [-0.1, -0.05) is 66.9 Å². The number of carbonyl (C=O) groups is 2. The van der Waals surface area contributed by atoms with Crippen molar-refractivity contribution in [2.24, 2.45) is 4.99 Å². The van der Waals surface area contributed by atoms with Crippen LogP contribution in [0.3, 0.4) is 0 Å². The topological polar surface area (TPSA) is 59.0 Å². The van der Waals surface area contributed by atoms with Gasteiger partial charge < -0.3 is 4.74 Å². The van der Waals surface area contributed by atoms with Gasteiger partial charge in [-0.2, -0.15) is 0 Å². The molecule has 0 N–H and O–H groups in total. The summed E-state index contributed by atoms with van der Waals surface area (Å²) in [6, 6.07) is 9.22. The van der Waals surface area contributed by atoms with Crippen molar-refractivity contribution in [3.05, 3.63) is 65.9 Å². The van der Waals surface area contributed by atoms with E-state index in [2.05, 4.69) is 11.6 Å². The number of carbonyl (C=O) groups excluding carboxylic acids is 2. The number of ether oxygens (including phenoxy) is 1. The van der Waals surface area contributed by atoms with Gasteiger partial charge in [-0.05, 0) is 12.5 Å². The summed E-state index contributed by atoms with van der Waals surface area (Å²) in [4.78, 5) is 31.2. The van der Waals surface area contributed by atoms with E-state index in [0.29, 0.717) is 28.6 Å². The smallest absolute Gasteiger partial charge is 0.338 e. The van der Waals surface area contributed by atoms with E-state index in [1.54, 1.807) is 11.8 Å². The monoisotopic (exact) mass is 368 g/mol. The number of thioether (sulfide) groups is 1. The predicted octanol–water partition coefficient (Wildman–Crippen LogP) is 3.41. The Hall–Kier alpha value is -2.60. The minimum Gasteiger partial charge on any atom is -0.458 e. The van der Waals surface area contributed by atoms with Crippen LogP contribution in [0.2, 0.25) is 0 Å². The molecule has 0 spiro atoms. The third-order valence-corrected chi connectivity index (χ3v) is 5.03. The maximum absolute atomic E-state index is 12.6. The highest BCUT2D eigenvalue weighted by molar-refractivity contribution is 8.14. The van der Waals surface area contributed by atoms with Gasteiger partial charge in [0.1, 0.15) is 6.61 Å². The number of rotatable bonds is 5. The lowest BCUT2D eigenvalue weighted by Crippen LogP contribution is -2.49. The molecule has 2 aliphatic rings. The van der Waals surface area contributed by atoms with Crippen LogP contribution in [0.4, 0.5) is 0 Å². The lowest BCUT2D eigenvalue weighted by atomic mass is 10.00. The highest BCUT2D eigenvalue weighted by Gasteiger charge is 2.39. The minimum absolute atomic E-state index is 0.0354. The van der Waals surface area contributed by atoms with Crippen LogP contribution in [-0.4, -0.2) is 40.3 Å². The second-order valence-corrected chi connectivity index (χ2v) is 6.92. The lowest BCUT2D eigenvalue weighted by Gasteiger charge is -2.37. The minimum atomic E-state index is -0.527. The summed E-state index contributed by atoms with van der Waals surface area (Å²) >= 11 is 1.53. The van der Waals surface area contributed by atoms with E-state index in [-0.39, 0.29) is 12.5 Å². The van der Waals surface area contributed by atoms with Crippen molar-refractivity contribution in [3.8, 4) is 0 Å². The highest BCUT2D eigenvalue weighted by atomic mass is 32.2. The average molecular weight is 368 g/mol. The first kappa shape index (κ1) is 18.2. The molecule has 1 atom stereocenters. The van der Waals surface area contributed by atoms with Crippen LogP contribution in [0.25, 0.3) is 6.08 Å². The molecule has 1 amide bonds. The van der Waals surface area contributed by atoms with Crippen LogP contribution in [0.5, 0.6) is 0 Å². The maximum Gasteiger partial charge on any atom is 0.338 e. The van der Waals surface area contributed by atoms with Gasteiger partial charge in [0.2, 0.25) is 5.91 Å². The molecule has 1 aromatic carbocycles. The van der Waals surface area contributed by atoms with Crippen LogP contribution in [0.1, 0.15) is 18.9 Å². The zero-order chi connectivity index (χ0) is 18.5. The van der Waals surface area contributed by atoms with E-state index in [0.717, 1.165) is 5.56 Å². The molecule has 0 aliphatic carbocycles. The largest absolute Gasteiger partial charge is 0.458 e. The predicted molar refractivity (Wildman–Crippen MR) is 104 cm³/mol. The van der Waals surface area contributed by atoms with Gasteiger partial charge in [0.25, 0.3) is 0 Å². The van der Waals surface area contributed by atoms with Crippen LogP contribution >= 0.6 is 11.8 Å². The van der Waals surface area contributed by atoms with Crippen molar-refractivity contribution in [3.63, 3.8) is 0 Å². The van der Waals surface area contributed by atoms with Crippen molar-refractivity contribution < 1.29 is 14.3 Å². The fourth-order valence-corrected chi connectivity index (χ4v) is 3.88. The van der Waals surface area contributed by atoms with Crippen molar-refractivity contribution in [2.45, 2.75) is 19.4 Å². The molecule has 5 nitrogen and oxygen atoms in total. The molecule has 1 saturated heterocycles. The van der Waals surface area contributed by atoms with Crippen molar-refractivity contribution in [2.75, 3.05) is 12.4 Å². The molecular weight excluding hydrogens is 348 g/mol. The summed E-state index contributed by atoms with van der Waals surface area (Å²) in [5.74, 6) is 0.190. The number of benzene rings is 1. The fraction of sp³-hybridized carbons (Fsp3) is 0.250. The summed E-state index contributed by atoms with van der Waals surface area (Å²) in [6.45, 7) is 5.46. The third-order valence-electron chi connectivity index (χ3n) is 4.07. The second kappa shape index (κ2) is 8.19. The van der Waals surface area contributed by atoms with Crippen molar-refractivity contribution >= 4 is 34.9 Å². The molecule has 2 heterocycles. The van der Waals surface area contributed by atoms with E-state index in [1.165, 1.54) is 17.8 Å². The number of esters is 1. The Morgan fingerprint density at radius 2 is 2.19 bits per heavy atom. The van der Waals surface area contributed by atoms with E-state index in [9.17, 15) is 9.59 Å². The van der Waals surface area contributed by atoms with Crippen LogP contribution in [0.15, 0.2) is 65.3 Å². The number of fused-ring (bicyclic) bond motifs is 1. The Morgan fingerprint density at radius 1 is 1.42 bits per heavy atom. The first-order valence-corrected chi connectivity index (χ1v) is 9.36. The highest BCUT2D eigenvalue weighted by Crippen LogP contribution is 2.32. The molecule has 6 heteroatoms. The normalized spacial score (nSPS) is 20.0. The number of allylic oxidation sites excluding steroid dienone is 1. The molecular formula is C20H20N2O3S. The molecule has 0 saturated carbocycles. The quantitative estimate of drug-likeness (QED) is 0.590. The fourth-order valence-electron chi connectivity index (χ4n) is 2.86. The Bertz CT molecular complexity index is 812. The Labute approximate surface area is 157 Å². The van der Waals surface area contributed by atoms with Crippen LogP contribution in [0, 0.1) is 0 Å². The first-order valence-electron chi connectivity index (χ1n) is 8.37. The summed E-state index contributed by atoms with van der Waals surface area (Å²) in [5.41, 5.74) is 1.96. The van der Waals surface area contributed by atoms with Gasteiger partial charge in [-0.15, -0.1) is 0 Å². The van der Waals surface area contributed by atoms with Gasteiger partial charge in [0.15, 0.2) is 5.17 Å². The lowest BCUT2D eigenvalue weighted by molar-refractivity contribution is -0.138. The first-order chi connectivity index (χ1) is 12.6. The summed E-state index contributed by atoms with van der Waals surface area (Å²) < 4.78 is 5.24. The zero-order valence-corrected chi connectivity index (χ0v) is 15.4. The van der Waals surface area contributed by atoms with E-state index in [4.69, 9.17) is 4.74 Å². The van der Waals surface area contributed by atoms with Gasteiger partial charge in [0.05, 0.1) is 17.3 Å². The molecule has 134 valence electrons.